The Morgan fingerprint density at radius 1 is 1.18 bits per heavy atom. The molecule has 0 saturated carbocycles. The lowest BCUT2D eigenvalue weighted by atomic mass is 10.0. The first-order valence-electron chi connectivity index (χ1n) is 9.27. The van der Waals surface area contributed by atoms with Crippen molar-refractivity contribution in [3.63, 3.8) is 0 Å². The van der Waals surface area contributed by atoms with Gasteiger partial charge in [-0.3, -0.25) is 9.59 Å². The quantitative estimate of drug-likeness (QED) is 0.723. The molecule has 0 aromatic carbocycles. The van der Waals surface area contributed by atoms with Crippen molar-refractivity contribution in [1.82, 2.24) is 4.90 Å². The van der Waals surface area contributed by atoms with Crippen LogP contribution >= 0.6 is 11.3 Å². The van der Waals surface area contributed by atoms with Crippen molar-refractivity contribution >= 4 is 40.1 Å². The number of ether oxygens (including phenoxy) is 2. The van der Waals surface area contributed by atoms with Crippen molar-refractivity contribution in [1.29, 1.82) is 0 Å². The average Bonchev–Trinajstić information content (AvgIpc) is 2.92. The number of nitrogens with zero attached hydrogens (tertiary/aromatic N) is 1. The summed E-state index contributed by atoms with van der Waals surface area (Å²) >= 11 is 1.28. The maximum absolute atomic E-state index is 12.6. The second kappa shape index (κ2) is 9.68. The Balaban J connectivity index is 2.06. The number of amides is 2. The molecule has 2 heterocycles. The Labute approximate surface area is 168 Å². The smallest absolute Gasteiger partial charge is 0.341 e. The molecule has 28 heavy (non-hydrogen) atoms. The van der Waals surface area contributed by atoms with E-state index >= 15 is 0 Å². The van der Waals surface area contributed by atoms with Crippen LogP contribution in [0.1, 0.15) is 53.9 Å². The summed E-state index contributed by atoms with van der Waals surface area (Å²) in [4.78, 5) is 50.9. The second-order valence-electron chi connectivity index (χ2n) is 6.60. The van der Waals surface area contributed by atoms with Crippen LogP contribution in [0.5, 0.6) is 0 Å². The van der Waals surface area contributed by atoms with Gasteiger partial charge in [-0.25, -0.2) is 9.59 Å². The van der Waals surface area contributed by atoms with Crippen molar-refractivity contribution in [2.75, 3.05) is 25.1 Å². The van der Waals surface area contributed by atoms with Gasteiger partial charge in [0.2, 0.25) is 5.91 Å². The summed E-state index contributed by atoms with van der Waals surface area (Å²) in [6.45, 7) is 6.87. The molecule has 0 spiro atoms. The zero-order chi connectivity index (χ0) is 20.8. The fourth-order valence-corrected chi connectivity index (χ4v) is 4.21. The summed E-state index contributed by atoms with van der Waals surface area (Å²) in [5, 5.41) is 3.03. The van der Waals surface area contributed by atoms with Crippen molar-refractivity contribution in [2.24, 2.45) is 0 Å². The van der Waals surface area contributed by atoms with Gasteiger partial charge in [0.1, 0.15) is 11.0 Å². The predicted octanol–water partition coefficient (Wildman–Crippen LogP) is 2.42. The maximum Gasteiger partial charge on any atom is 0.341 e. The molecule has 1 aromatic heterocycles. The molecule has 1 fully saturated rings. The number of thiophene rings is 1. The topological polar surface area (TPSA) is 102 Å². The Morgan fingerprint density at radius 2 is 1.89 bits per heavy atom. The number of aryl methyl sites for hydroxylation is 1. The number of nitrogens with one attached hydrogen (secondary N) is 1. The van der Waals surface area contributed by atoms with E-state index < -0.39 is 30.5 Å². The molecule has 0 aliphatic carbocycles. The van der Waals surface area contributed by atoms with Crippen molar-refractivity contribution < 1.29 is 28.7 Å². The Kier molecular flexibility index (Phi) is 7.56. The van der Waals surface area contributed by atoms with Gasteiger partial charge in [0.25, 0.3) is 5.91 Å². The van der Waals surface area contributed by atoms with Crippen LogP contribution in [-0.2, 0) is 23.9 Å². The van der Waals surface area contributed by atoms with Gasteiger partial charge in [0, 0.05) is 18.3 Å². The van der Waals surface area contributed by atoms with E-state index in [1.807, 2.05) is 6.92 Å². The Morgan fingerprint density at radius 3 is 2.54 bits per heavy atom. The standard InChI is InChI=1S/C19H26N2O6S/c1-5-26-18(24)14-8-6-7-9-21(14)15(23)10-27-19(25)16-11(2)12(3)28-17(16)20-13(4)22/h14H,5-10H2,1-4H3,(H,20,22)/t14-/m1/s1. The lowest BCUT2D eigenvalue weighted by molar-refractivity contribution is -0.157. The van der Waals surface area contributed by atoms with E-state index in [-0.39, 0.29) is 18.1 Å². The lowest BCUT2D eigenvalue weighted by Gasteiger charge is -2.33. The summed E-state index contributed by atoms with van der Waals surface area (Å²) < 4.78 is 10.3. The van der Waals surface area contributed by atoms with Gasteiger partial charge in [-0.1, -0.05) is 0 Å². The van der Waals surface area contributed by atoms with Gasteiger partial charge in [0.15, 0.2) is 6.61 Å². The fourth-order valence-electron chi connectivity index (χ4n) is 3.12. The molecule has 1 atom stereocenters. The van der Waals surface area contributed by atoms with Crippen molar-refractivity contribution in [3.8, 4) is 0 Å². The molecule has 8 nitrogen and oxygen atoms in total. The zero-order valence-electron chi connectivity index (χ0n) is 16.6. The molecule has 1 N–H and O–H groups in total. The molecule has 154 valence electrons. The lowest BCUT2D eigenvalue weighted by Crippen LogP contribution is -2.50. The second-order valence-corrected chi connectivity index (χ2v) is 7.82. The average molecular weight is 410 g/mol. The monoisotopic (exact) mass is 410 g/mol. The van der Waals surface area contributed by atoms with Crippen LogP contribution < -0.4 is 5.32 Å². The van der Waals surface area contributed by atoms with Crippen LogP contribution in [0.25, 0.3) is 0 Å². The summed E-state index contributed by atoms with van der Waals surface area (Å²) in [5.74, 6) is -1.84. The first kappa shape index (κ1) is 21.9. The highest BCUT2D eigenvalue weighted by atomic mass is 32.1. The van der Waals surface area contributed by atoms with E-state index in [1.54, 1.807) is 13.8 Å². The molecular weight excluding hydrogens is 384 g/mol. The van der Waals surface area contributed by atoms with Crippen LogP contribution in [0, 0.1) is 13.8 Å². The molecule has 0 unspecified atom stereocenters. The highest BCUT2D eigenvalue weighted by molar-refractivity contribution is 7.16. The van der Waals surface area contributed by atoms with Gasteiger partial charge in [0.05, 0.1) is 12.2 Å². The summed E-state index contributed by atoms with van der Waals surface area (Å²) in [5.41, 5.74) is 0.958. The minimum atomic E-state index is -0.677. The highest BCUT2D eigenvalue weighted by Gasteiger charge is 2.33. The van der Waals surface area contributed by atoms with Gasteiger partial charge >= 0.3 is 11.9 Å². The number of likely N-dealkylation sites (tertiary alicyclic amines) is 1. The molecular formula is C19H26N2O6S. The first-order valence-corrected chi connectivity index (χ1v) is 10.1. The first-order chi connectivity index (χ1) is 13.3. The van der Waals surface area contributed by atoms with E-state index in [1.165, 1.54) is 23.2 Å². The Bertz CT molecular complexity index is 773. The number of hydrogen-bond donors (Lipinski definition) is 1. The van der Waals surface area contributed by atoms with Crippen LogP contribution in [0.4, 0.5) is 5.00 Å². The van der Waals surface area contributed by atoms with Crippen LogP contribution in [0.15, 0.2) is 0 Å². The highest BCUT2D eigenvalue weighted by Crippen LogP contribution is 2.33. The predicted molar refractivity (Wildman–Crippen MR) is 104 cm³/mol. The van der Waals surface area contributed by atoms with Crippen molar-refractivity contribution in [2.45, 2.75) is 53.0 Å². The molecule has 1 aliphatic rings. The van der Waals surface area contributed by atoms with Crippen molar-refractivity contribution in [3.05, 3.63) is 16.0 Å². The summed E-state index contributed by atoms with van der Waals surface area (Å²) in [6.07, 6.45) is 2.15. The van der Waals surface area contributed by atoms with Gasteiger partial charge in [-0.05, 0) is 45.6 Å². The third kappa shape index (κ3) is 5.09. The minimum absolute atomic E-state index is 0.245. The van der Waals surface area contributed by atoms with Crippen LogP contribution in [0.3, 0.4) is 0 Å². The molecule has 0 radical (unpaired) electrons. The number of carbonyl (C=O) groups excluding carboxylic acids is 4. The fraction of sp³-hybridized carbons (Fsp3) is 0.579. The van der Waals surface area contributed by atoms with E-state index in [0.717, 1.165) is 17.7 Å². The van der Waals surface area contributed by atoms with E-state index in [0.29, 0.717) is 23.5 Å². The molecule has 0 bridgehead atoms. The number of rotatable bonds is 6. The van der Waals surface area contributed by atoms with Crippen LogP contribution in [0.2, 0.25) is 0 Å². The SMILES string of the molecule is CCOC(=O)[C@H]1CCCCN1C(=O)COC(=O)c1c(NC(C)=O)sc(C)c1C. The Hall–Kier alpha value is -2.42. The van der Waals surface area contributed by atoms with E-state index in [9.17, 15) is 19.2 Å². The van der Waals surface area contributed by atoms with Gasteiger partial charge in [-0.2, -0.15) is 0 Å². The minimum Gasteiger partial charge on any atom is -0.464 e. The molecule has 1 saturated heterocycles. The third-order valence-electron chi connectivity index (χ3n) is 4.59. The number of piperidine rings is 1. The number of hydrogen-bond acceptors (Lipinski definition) is 7. The molecule has 2 amide bonds. The largest absolute Gasteiger partial charge is 0.464 e. The van der Waals surface area contributed by atoms with E-state index in [4.69, 9.17) is 9.47 Å². The summed E-state index contributed by atoms with van der Waals surface area (Å²) in [6, 6.07) is -0.639. The van der Waals surface area contributed by atoms with Gasteiger partial charge in [-0.15, -0.1) is 11.3 Å². The molecule has 1 aliphatic heterocycles. The molecule has 9 heteroatoms. The number of anilines is 1. The van der Waals surface area contributed by atoms with Gasteiger partial charge < -0.3 is 19.7 Å². The van der Waals surface area contributed by atoms with Crippen LogP contribution in [-0.4, -0.2) is 54.5 Å². The zero-order valence-corrected chi connectivity index (χ0v) is 17.4. The van der Waals surface area contributed by atoms with E-state index in [2.05, 4.69) is 5.32 Å². The third-order valence-corrected chi connectivity index (χ3v) is 5.71. The molecule has 2 rings (SSSR count). The maximum atomic E-state index is 12.6. The number of esters is 2. The number of carbonyl (C=O) groups is 4. The summed E-state index contributed by atoms with van der Waals surface area (Å²) in [7, 11) is 0. The molecule has 1 aromatic rings. The normalized spacial score (nSPS) is 16.4.